The minimum absolute atomic E-state index is 0.205. The van der Waals surface area contributed by atoms with Crippen LogP contribution in [0.1, 0.15) is 61.3 Å². The van der Waals surface area contributed by atoms with Crippen molar-refractivity contribution in [2.45, 2.75) is 78.3 Å². The molecule has 22 heavy (non-hydrogen) atoms. The summed E-state index contributed by atoms with van der Waals surface area (Å²) in [4.78, 5) is 24.1. The number of carbonyl (C=O) groups is 2. The summed E-state index contributed by atoms with van der Waals surface area (Å²) in [7, 11) is 5.89. The molecular formula is C16H31BN2O3. The first-order valence-electron chi connectivity index (χ1n) is 7.86. The van der Waals surface area contributed by atoms with E-state index in [1.54, 1.807) is 20.8 Å². The van der Waals surface area contributed by atoms with Crippen LogP contribution in [-0.4, -0.2) is 38.0 Å². The van der Waals surface area contributed by atoms with Gasteiger partial charge in [-0.3, -0.25) is 4.79 Å². The molecule has 0 heterocycles. The Labute approximate surface area is 136 Å². The lowest BCUT2D eigenvalue weighted by Gasteiger charge is -2.25. The normalized spacial score (nSPS) is 13.6. The van der Waals surface area contributed by atoms with Crippen LogP contribution in [0, 0.1) is 5.92 Å². The summed E-state index contributed by atoms with van der Waals surface area (Å²) in [5.74, 6) is 0.0699. The standard InChI is InChI=1S/C16H31BN2O3/c1-11(2)10-12(19-14(21)22-15(3,4)5)13(20)18-9-8-16(6,7)17/h11-12H,8-10H2,1-7H3,(H,18,20)(H,19,21)/t12-/m0/s1. The van der Waals surface area contributed by atoms with Gasteiger partial charge in [0.1, 0.15) is 11.6 Å². The highest BCUT2D eigenvalue weighted by molar-refractivity contribution is 6.14. The summed E-state index contributed by atoms with van der Waals surface area (Å²) in [5, 5.41) is 5.14. The van der Waals surface area contributed by atoms with Gasteiger partial charge in [-0.05, 0) is 39.5 Å². The Morgan fingerprint density at radius 1 is 1.14 bits per heavy atom. The molecule has 2 N–H and O–H groups in total. The smallest absolute Gasteiger partial charge is 0.408 e. The van der Waals surface area contributed by atoms with E-state index < -0.39 is 17.7 Å². The van der Waals surface area contributed by atoms with Crippen molar-refractivity contribution >= 4 is 19.8 Å². The van der Waals surface area contributed by atoms with Gasteiger partial charge < -0.3 is 15.4 Å². The zero-order valence-electron chi connectivity index (χ0n) is 15.1. The van der Waals surface area contributed by atoms with Crippen molar-refractivity contribution in [3.05, 3.63) is 0 Å². The number of nitrogens with one attached hydrogen (secondary N) is 2. The number of amides is 2. The molecule has 1 atom stereocenters. The van der Waals surface area contributed by atoms with Crippen molar-refractivity contribution < 1.29 is 14.3 Å². The second kappa shape index (κ2) is 8.44. The summed E-state index contributed by atoms with van der Waals surface area (Å²) in [5.41, 5.74) is -0.591. The van der Waals surface area contributed by atoms with Crippen LogP contribution in [0.2, 0.25) is 5.31 Å². The van der Waals surface area contributed by atoms with Gasteiger partial charge >= 0.3 is 6.09 Å². The Kier molecular flexibility index (Phi) is 7.98. The molecule has 0 aromatic carbocycles. The number of hydrogen-bond donors (Lipinski definition) is 2. The summed E-state index contributed by atoms with van der Waals surface area (Å²) >= 11 is 0. The Hall–Kier alpha value is -1.20. The van der Waals surface area contributed by atoms with E-state index in [4.69, 9.17) is 12.6 Å². The predicted molar refractivity (Wildman–Crippen MR) is 90.0 cm³/mol. The van der Waals surface area contributed by atoms with E-state index in [-0.39, 0.29) is 17.1 Å². The molecule has 5 nitrogen and oxygen atoms in total. The summed E-state index contributed by atoms with van der Waals surface area (Å²) in [6.07, 6.45) is 0.642. The second-order valence-corrected chi connectivity index (χ2v) is 7.86. The number of alkyl carbamates (subject to hydrolysis) is 1. The average molecular weight is 310 g/mol. The maximum atomic E-state index is 12.2. The fourth-order valence-corrected chi connectivity index (χ4v) is 1.78. The van der Waals surface area contributed by atoms with E-state index in [0.29, 0.717) is 19.4 Å². The van der Waals surface area contributed by atoms with Crippen LogP contribution >= 0.6 is 0 Å². The summed E-state index contributed by atoms with van der Waals surface area (Å²) < 4.78 is 5.21. The molecule has 0 bridgehead atoms. The van der Waals surface area contributed by atoms with Crippen LogP contribution in [0.4, 0.5) is 4.79 Å². The van der Waals surface area contributed by atoms with Gasteiger partial charge in [-0.25, -0.2) is 4.79 Å². The van der Waals surface area contributed by atoms with E-state index in [9.17, 15) is 9.59 Å². The first-order valence-corrected chi connectivity index (χ1v) is 7.86. The number of ether oxygens (including phenoxy) is 1. The maximum absolute atomic E-state index is 12.2. The molecule has 2 radical (unpaired) electrons. The monoisotopic (exact) mass is 310 g/mol. The van der Waals surface area contributed by atoms with Gasteiger partial charge in [0.15, 0.2) is 0 Å². The topological polar surface area (TPSA) is 67.4 Å². The highest BCUT2D eigenvalue weighted by atomic mass is 16.6. The van der Waals surface area contributed by atoms with Crippen molar-refractivity contribution in [2.24, 2.45) is 5.92 Å². The van der Waals surface area contributed by atoms with Crippen LogP contribution in [0.25, 0.3) is 0 Å². The van der Waals surface area contributed by atoms with Gasteiger partial charge in [0.2, 0.25) is 5.91 Å². The second-order valence-electron chi connectivity index (χ2n) is 7.86. The molecule has 0 saturated carbocycles. The molecule has 0 unspecified atom stereocenters. The van der Waals surface area contributed by atoms with Crippen molar-refractivity contribution in [1.29, 1.82) is 0 Å². The lowest BCUT2D eigenvalue weighted by molar-refractivity contribution is -0.123. The largest absolute Gasteiger partial charge is 0.444 e. The molecule has 0 fully saturated rings. The number of carbonyl (C=O) groups excluding carboxylic acids is 2. The van der Waals surface area contributed by atoms with Gasteiger partial charge in [-0.15, -0.1) is 0 Å². The van der Waals surface area contributed by atoms with Crippen molar-refractivity contribution in [1.82, 2.24) is 10.6 Å². The van der Waals surface area contributed by atoms with Crippen molar-refractivity contribution in [2.75, 3.05) is 6.54 Å². The Balaban J connectivity index is 4.56. The molecule has 0 saturated heterocycles. The van der Waals surface area contributed by atoms with E-state index in [1.165, 1.54) is 0 Å². The molecule has 0 aliphatic carbocycles. The minimum Gasteiger partial charge on any atom is -0.444 e. The van der Waals surface area contributed by atoms with Gasteiger partial charge in [0.25, 0.3) is 0 Å². The Bertz CT molecular complexity index is 371. The van der Waals surface area contributed by atoms with Crippen LogP contribution in [0.3, 0.4) is 0 Å². The summed E-state index contributed by atoms with van der Waals surface area (Å²) in [6, 6.07) is -0.601. The third-order valence-electron chi connectivity index (χ3n) is 2.78. The quantitative estimate of drug-likeness (QED) is 0.711. The lowest BCUT2D eigenvalue weighted by Crippen LogP contribution is -2.49. The number of hydrogen-bond acceptors (Lipinski definition) is 3. The summed E-state index contributed by atoms with van der Waals surface area (Å²) in [6.45, 7) is 13.6. The molecule has 0 aliphatic rings. The zero-order chi connectivity index (χ0) is 17.6. The van der Waals surface area contributed by atoms with E-state index >= 15 is 0 Å². The SMILES string of the molecule is [B]C(C)(C)CCNC(=O)[C@H](CC(C)C)NC(=O)OC(C)(C)C. The highest BCUT2D eigenvalue weighted by Crippen LogP contribution is 2.22. The van der Waals surface area contributed by atoms with Crippen LogP contribution in [0.5, 0.6) is 0 Å². The van der Waals surface area contributed by atoms with Crippen LogP contribution < -0.4 is 10.6 Å². The molecule has 0 aromatic heterocycles. The minimum atomic E-state index is -0.601. The number of rotatable bonds is 7. The van der Waals surface area contributed by atoms with Gasteiger partial charge in [0.05, 0.1) is 7.85 Å². The Morgan fingerprint density at radius 2 is 1.68 bits per heavy atom. The van der Waals surface area contributed by atoms with Crippen molar-refractivity contribution in [3.8, 4) is 0 Å². The molecule has 0 aromatic rings. The molecule has 126 valence electrons. The third kappa shape index (κ3) is 11.5. The third-order valence-corrected chi connectivity index (χ3v) is 2.78. The van der Waals surface area contributed by atoms with Crippen LogP contribution in [0.15, 0.2) is 0 Å². The molecule has 0 spiro atoms. The first-order chi connectivity index (χ1) is 9.80. The Morgan fingerprint density at radius 3 is 2.09 bits per heavy atom. The van der Waals surface area contributed by atoms with Crippen molar-refractivity contribution in [3.63, 3.8) is 0 Å². The highest BCUT2D eigenvalue weighted by Gasteiger charge is 2.25. The molecular weight excluding hydrogens is 279 g/mol. The van der Waals surface area contributed by atoms with Gasteiger partial charge in [-0.1, -0.05) is 33.0 Å². The van der Waals surface area contributed by atoms with E-state index in [2.05, 4.69) is 10.6 Å². The maximum Gasteiger partial charge on any atom is 0.408 e. The van der Waals surface area contributed by atoms with E-state index in [0.717, 1.165) is 0 Å². The molecule has 0 aliphatic heterocycles. The lowest BCUT2D eigenvalue weighted by atomic mass is 9.70. The van der Waals surface area contributed by atoms with Gasteiger partial charge in [-0.2, -0.15) is 0 Å². The molecule has 0 rings (SSSR count). The fourth-order valence-electron chi connectivity index (χ4n) is 1.78. The van der Waals surface area contributed by atoms with Crippen LogP contribution in [-0.2, 0) is 9.53 Å². The first kappa shape index (κ1) is 20.8. The zero-order valence-corrected chi connectivity index (χ0v) is 15.1. The fraction of sp³-hybridized carbons (Fsp3) is 0.875. The predicted octanol–water partition coefficient (Wildman–Crippen LogP) is 2.80. The van der Waals surface area contributed by atoms with Gasteiger partial charge in [0, 0.05) is 6.54 Å². The average Bonchev–Trinajstić information content (AvgIpc) is 2.22. The molecule has 2 amide bonds. The molecule has 6 heteroatoms. The van der Waals surface area contributed by atoms with E-state index in [1.807, 2.05) is 27.7 Å².